The predicted octanol–water partition coefficient (Wildman–Crippen LogP) is 2.96. The van der Waals surface area contributed by atoms with Gasteiger partial charge in [-0.1, -0.05) is 29.6 Å². The molecule has 0 saturated carbocycles. The van der Waals surface area contributed by atoms with Crippen LogP contribution in [0.5, 0.6) is 0 Å². The molecule has 0 aliphatic carbocycles. The van der Waals surface area contributed by atoms with Crippen molar-refractivity contribution in [1.82, 2.24) is 15.2 Å². The fourth-order valence-corrected chi connectivity index (χ4v) is 2.83. The first-order valence-electron chi connectivity index (χ1n) is 6.40. The summed E-state index contributed by atoms with van der Waals surface area (Å²) in [4.78, 5) is 6.78. The van der Waals surface area contributed by atoms with E-state index < -0.39 is 0 Å². The lowest BCUT2D eigenvalue weighted by atomic mass is 10.0. The molecule has 1 aliphatic rings. The zero-order valence-electron chi connectivity index (χ0n) is 10.6. The summed E-state index contributed by atoms with van der Waals surface area (Å²) in [5.74, 6) is 0. The first kappa shape index (κ1) is 14.1. The minimum Gasteiger partial charge on any atom is -0.318 e. The zero-order chi connectivity index (χ0) is 13.0. The van der Waals surface area contributed by atoms with Gasteiger partial charge in [-0.15, -0.1) is 0 Å². The highest BCUT2D eigenvalue weighted by molar-refractivity contribution is 6.32. The van der Waals surface area contributed by atoms with Crippen LogP contribution in [0.4, 0.5) is 0 Å². The Bertz CT molecular complexity index is 396. The van der Waals surface area contributed by atoms with Crippen molar-refractivity contribution in [3.8, 4) is 0 Å². The third-order valence-electron chi connectivity index (χ3n) is 3.43. The van der Waals surface area contributed by atoms with Gasteiger partial charge in [-0.3, -0.25) is 4.90 Å². The van der Waals surface area contributed by atoms with Crippen molar-refractivity contribution in [2.75, 3.05) is 20.1 Å². The Morgan fingerprint density at radius 2 is 2.22 bits per heavy atom. The number of hydrogen-bond acceptors (Lipinski definition) is 3. The van der Waals surface area contributed by atoms with Gasteiger partial charge >= 0.3 is 0 Å². The van der Waals surface area contributed by atoms with E-state index in [2.05, 4.69) is 15.2 Å². The number of hydrogen-bond donors (Lipinski definition) is 1. The van der Waals surface area contributed by atoms with Crippen molar-refractivity contribution in [2.45, 2.75) is 31.8 Å². The van der Waals surface area contributed by atoms with Gasteiger partial charge < -0.3 is 5.32 Å². The van der Waals surface area contributed by atoms with Crippen LogP contribution < -0.4 is 5.32 Å². The molecule has 1 aromatic heterocycles. The lowest BCUT2D eigenvalue weighted by Gasteiger charge is -2.35. The highest BCUT2D eigenvalue weighted by atomic mass is 35.5. The van der Waals surface area contributed by atoms with E-state index in [4.69, 9.17) is 23.2 Å². The van der Waals surface area contributed by atoms with Gasteiger partial charge in [-0.05, 0) is 38.6 Å². The van der Waals surface area contributed by atoms with Crippen LogP contribution in [0.15, 0.2) is 12.1 Å². The molecule has 100 valence electrons. The smallest absolute Gasteiger partial charge is 0.129 e. The number of nitrogens with zero attached hydrogens (tertiary/aromatic N) is 2. The van der Waals surface area contributed by atoms with Crippen LogP contribution in [0.2, 0.25) is 10.2 Å². The van der Waals surface area contributed by atoms with Crippen molar-refractivity contribution >= 4 is 23.2 Å². The van der Waals surface area contributed by atoms with E-state index in [1.54, 1.807) is 6.07 Å². The molecule has 0 aromatic carbocycles. The molecule has 0 bridgehead atoms. The van der Waals surface area contributed by atoms with Crippen molar-refractivity contribution in [1.29, 1.82) is 0 Å². The average Bonchev–Trinajstić information content (AvgIpc) is 2.36. The van der Waals surface area contributed by atoms with Gasteiger partial charge in [0.15, 0.2) is 0 Å². The molecule has 1 atom stereocenters. The Morgan fingerprint density at radius 3 is 3.00 bits per heavy atom. The SMILES string of the molecule is CNCC1CCCCN1Cc1nc(Cl)ccc1Cl. The number of pyridine rings is 1. The molecule has 0 spiro atoms. The molecular weight excluding hydrogens is 269 g/mol. The van der Waals surface area contributed by atoms with E-state index in [1.807, 2.05) is 13.1 Å². The van der Waals surface area contributed by atoms with Gasteiger partial charge in [-0.25, -0.2) is 4.98 Å². The Labute approximate surface area is 118 Å². The van der Waals surface area contributed by atoms with Crippen LogP contribution in [0.3, 0.4) is 0 Å². The monoisotopic (exact) mass is 287 g/mol. The molecule has 2 heterocycles. The lowest BCUT2D eigenvalue weighted by Crippen LogP contribution is -2.44. The van der Waals surface area contributed by atoms with E-state index in [0.717, 1.165) is 25.3 Å². The van der Waals surface area contributed by atoms with Crippen LogP contribution in [0.1, 0.15) is 25.0 Å². The summed E-state index contributed by atoms with van der Waals surface area (Å²) in [5.41, 5.74) is 0.882. The van der Waals surface area contributed by atoms with Gasteiger partial charge in [-0.2, -0.15) is 0 Å². The first-order valence-corrected chi connectivity index (χ1v) is 7.16. The summed E-state index contributed by atoms with van der Waals surface area (Å²) < 4.78 is 0. The molecule has 1 unspecified atom stereocenters. The number of likely N-dealkylation sites (N-methyl/N-ethyl adjacent to an activating group) is 1. The summed E-state index contributed by atoms with van der Waals surface area (Å²) in [6, 6.07) is 4.12. The van der Waals surface area contributed by atoms with Gasteiger partial charge in [0.25, 0.3) is 0 Å². The molecule has 1 fully saturated rings. The number of likely N-dealkylation sites (tertiary alicyclic amines) is 1. The molecule has 5 heteroatoms. The summed E-state index contributed by atoms with van der Waals surface area (Å²) >= 11 is 12.1. The Hall–Kier alpha value is -0.350. The summed E-state index contributed by atoms with van der Waals surface area (Å²) in [6.45, 7) is 2.90. The Balaban J connectivity index is 2.08. The zero-order valence-corrected chi connectivity index (χ0v) is 12.1. The second-order valence-electron chi connectivity index (χ2n) is 4.74. The first-order chi connectivity index (χ1) is 8.70. The van der Waals surface area contributed by atoms with Crippen LogP contribution in [-0.4, -0.2) is 36.1 Å². The lowest BCUT2D eigenvalue weighted by molar-refractivity contribution is 0.137. The fraction of sp³-hybridized carbons (Fsp3) is 0.615. The molecular formula is C13H19Cl2N3. The molecule has 3 nitrogen and oxygen atoms in total. The minimum atomic E-state index is 0.511. The molecule has 18 heavy (non-hydrogen) atoms. The minimum absolute atomic E-state index is 0.511. The van der Waals surface area contributed by atoms with E-state index in [9.17, 15) is 0 Å². The second kappa shape index (κ2) is 6.71. The average molecular weight is 288 g/mol. The van der Waals surface area contributed by atoms with Gasteiger partial charge in [0, 0.05) is 19.1 Å². The second-order valence-corrected chi connectivity index (χ2v) is 5.53. The van der Waals surface area contributed by atoms with Crippen molar-refractivity contribution in [3.05, 3.63) is 28.0 Å². The van der Waals surface area contributed by atoms with Crippen LogP contribution in [-0.2, 0) is 6.54 Å². The number of aromatic nitrogens is 1. The van der Waals surface area contributed by atoms with Crippen LogP contribution in [0.25, 0.3) is 0 Å². The van der Waals surface area contributed by atoms with Crippen LogP contribution in [0, 0.1) is 0 Å². The molecule has 1 aromatic rings. The molecule has 0 radical (unpaired) electrons. The molecule has 1 N–H and O–H groups in total. The normalized spacial score (nSPS) is 21.2. The molecule has 0 amide bonds. The standard InChI is InChI=1S/C13H19Cl2N3/c1-16-8-10-4-2-3-7-18(10)9-12-11(14)5-6-13(15)17-12/h5-6,10,16H,2-4,7-9H2,1H3. The largest absolute Gasteiger partial charge is 0.318 e. The van der Waals surface area contributed by atoms with E-state index in [-0.39, 0.29) is 0 Å². The maximum atomic E-state index is 6.18. The Kier molecular flexibility index (Phi) is 5.25. The molecule has 1 saturated heterocycles. The predicted molar refractivity (Wildman–Crippen MR) is 76.2 cm³/mol. The summed E-state index contributed by atoms with van der Waals surface area (Å²) in [5, 5.41) is 4.47. The highest BCUT2D eigenvalue weighted by Crippen LogP contribution is 2.23. The maximum Gasteiger partial charge on any atom is 0.129 e. The van der Waals surface area contributed by atoms with E-state index >= 15 is 0 Å². The topological polar surface area (TPSA) is 28.2 Å². The molecule has 1 aliphatic heterocycles. The summed E-state index contributed by atoms with van der Waals surface area (Å²) in [6.07, 6.45) is 3.79. The molecule has 2 rings (SSSR count). The van der Waals surface area contributed by atoms with Gasteiger partial charge in [0.05, 0.1) is 10.7 Å². The third-order valence-corrected chi connectivity index (χ3v) is 3.98. The van der Waals surface area contributed by atoms with Crippen molar-refractivity contribution < 1.29 is 0 Å². The van der Waals surface area contributed by atoms with Gasteiger partial charge in [0.2, 0.25) is 0 Å². The summed E-state index contributed by atoms with van der Waals surface area (Å²) in [7, 11) is 2.00. The number of halogens is 2. The van der Waals surface area contributed by atoms with E-state index in [0.29, 0.717) is 16.2 Å². The van der Waals surface area contributed by atoms with Crippen molar-refractivity contribution in [2.24, 2.45) is 0 Å². The highest BCUT2D eigenvalue weighted by Gasteiger charge is 2.22. The Morgan fingerprint density at radius 1 is 1.39 bits per heavy atom. The van der Waals surface area contributed by atoms with Gasteiger partial charge in [0.1, 0.15) is 5.15 Å². The number of piperidine rings is 1. The number of rotatable bonds is 4. The quantitative estimate of drug-likeness (QED) is 0.863. The van der Waals surface area contributed by atoms with Crippen LogP contribution >= 0.6 is 23.2 Å². The fourth-order valence-electron chi connectivity index (χ4n) is 2.50. The number of nitrogens with one attached hydrogen (secondary N) is 1. The van der Waals surface area contributed by atoms with Crippen molar-refractivity contribution in [3.63, 3.8) is 0 Å². The van der Waals surface area contributed by atoms with E-state index in [1.165, 1.54) is 19.3 Å². The third kappa shape index (κ3) is 3.58. The maximum absolute atomic E-state index is 6.18.